The monoisotopic (exact) mass is 482 g/mol. The van der Waals surface area contributed by atoms with Crippen LogP contribution in [0.15, 0.2) is 36.3 Å². The zero-order valence-electron chi connectivity index (χ0n) is 17.9. The number of nitrogen functional groups attached to an aromatic ring is 1. The molecule has 0 aliphatic heterocycles. The molecule has 1 aromatic heterocycles. The van der Waals surface area contributed by atoms with Crippen molar-refractivity contribution in [1.82, 2.24) is 14.7 Å². The normalized spacial score (nSPS) is 18.3. The number of anilines is 1. The van der Waals surface area contributed by atoms with Gasteiger partial charge in [0.25, 0.3) is 15.9 Å². The number of benzene rings is 1. The van der Waals surface area contributed by atoms with Crippen molar-refractivity contribution in [3.05, 3.63) is 53.5 Å². The van der Waals surface area contributed by atoms with Gasteiger partial charge in [-0.05, 0) is 55.9 Å². The fraction of sp³-hybridized carbons (Fsp3) is 0.409. The van der Waals surface area contributed by atoms with Gasteiger partial charge in [0, 0.05) is 23.8 Å². The third kappa shape index (κ3) is 6.53. The highest BCUT2D eigenvalue weighted by atomic mass is 32.2. The second-order valence-corrected chi connectivity index (χ2v) is 9.72. The maximum Gasteiger partial charge on any atom is 0.287 e. The van der Waals surface area contributed by atoms with Crippen molar-refractivity contribution in [3.63, 3.8) is 0 Å². The number of hydrogen-bond donors (Lipinski definition) is 2. The van der Waals surface area contributed by atoms with Crippen molar-refractivity contribution in [2.24, 2.45) is 5.92 Å². The highest BCUT2D eigenvalue weighted by Crippen LogP contribution is 2.36. The summed E-state index contributed by atoms with van der Waals surface area (Å²) < 4.78 is 65.9. The molecule has 3 rings (SSSR count). The van der Waals surface area contributed by atoms with Crippen LogP contribution in [-0.4, -0.2) is 30.2 Å². The Hall–Kier alpha value is -2.95. The van der Waals surface area contributed by atoms with Gasteiger partial charge in [-0.15, -0.1) is 0 Å². The number of nitrogens with one attached hydrogen (secondary N) is 1. The quantitative estimate of drug-likeness (QED) is 0.571. The SMILES string of the molecule is C=CS(=O)(=O)NC(=O)c1nc(-c2ccc(F)cc2)c(CCC2CCCC(F)(F)CC2)nc1N. The fourth-order valence-electron chi connectivity index (χ4n) is 3.85. The number of nitrogens with two attached hydrogens (primary N) is 1. The topological polar surface area (TPSA) is 115 Å². The van der Waals surface area contributed by atoms with Crippen LogP contribution in [0.3, 0.4) is 0 Å². The summed E-state index contributed by atoms with van der Waals surface area (Å²) in [5.74, 6) is -4.40. The van der Waals surface area contributed by atoms with Gasteiger partial charge in [-0.25, -0.2) is 36.3 Å². The molecular weight excluding hydrogens is 457 g/mol. The highest BCUT2D eigenvalue weighted by molar-refractivity contribution is 7.92. The molecule has 1 unspecified atom stereocenters. The first kappa shape index (κ1) is 24.7. The van der Waals surface area contributed by atoms with E-state index in [1.54, 1.807) is 4.72 Å². The number of halogens is 3. The largest absolute Gasteiger partial charge is 0.382 e. The second kappa shape index (κ2) is 9.90. The number of aryl methyl sites for hydroxylation is 1. The lowest BCUT2D eigenvalue weighted by atomic mass is 9.93. The summed E-state index contributed by atoms with van der Waals surface area (Å²) in [6.07, 6.45) is 2.14. The van der Waals surface area contributed by atoms with E-state index in [2.05, 4.69) is 16.5 Å². The predicted molar refractivity (Wildman–Crippen MR) is 118 cm³/mol. The first-order valence-electron chi connectivity index (χ1n) is 10.5. The molecule has 1 fully saturated rings. The molecule has 33 heavy (non-hydrogen) atoms. The van der Waals surface area contributed by atoms with Gasteiger partial charge in [-0.1, -0.05) is 13.0 Å². The summed E-state index contributed by atoms with van der Waals surface area (Å²) in [4.78, 5) is 21.0. The van der Waals surface area contributed by atoms with Gasteiger partial charge < -0.3 is 5.73 Å². The molecule has 178 valence electrons. The van der Waals surface area contributed by atoms with Gasteiger partial charge in [0.05, 0.1) is 11.4 Å². The molecule has 0 bridgehead atoms. The smallest absolute Gasteiger partial charge is 0.287 e. The second-order valence-electron chi connectivity index (χ2n) is 8.09. The summed E-state index contributed by atoms with van der Waals surface area (Å²) in [6, 6.07) is 5.33. The maximum atomic E-state index is 13.7. The van der Waals surface area contributed by atoms with E-state index in [9.17, 15) is 26.4 Å². The summed E-state index contributed by atoms with van der Waals surface area (Å²) in [5, 5.41) is 0.569. The van der Waals surface area contributed by atoms with Gasteiger partial charge in [-0.2, -0.15) is 0 Å². The number of carbonyl (C=O) groups excluding carboxylic acids is 1. The Labute approximate surface area is 190 Å². The summed E-state index contributed by atoms with van der Waals surface area (Å²) >= 11 is 0. The van der Waals surface area contributed by atoms with E-state index in [0.29, 0.717) is 48.8 Å². The van der Waals surface area contributed by atoms with Crippen molar-refractivity contribution in [2.45, 2.75) is 50.9 Å². The first-order chi connectivity index (χ1) is 15.5. The van der Waals surface area contributed by atoms with Crippen LogP contribution in [0.2, 0.25) is 0 Å². The standard InChI is InChI=1S/C22H25F3N4O3S/c1-2-33(31,32)29-21(30)19-20(26)27-17(18(28-19)15-6-8-16(23)9-7-15)10-5-14-4-3-12-22(24,25)13-11-14/h2,6-9,14H,1,3-5,10-13H2,(H2,26,27)(H,29,30). The van der Waals surface area contributed by atoms with Crippen LogP contribution >= 0.6 is 0 Å². The number of hydrogen-bond acceptors (Lipinski definition) is 6. The number of amides is 1. The Kier molecular flexibility index (Phi) is 7.41. The molecule has 7 nitrogen and oxygen atoms in total. The zero-order valence-corrected chi connectivity index (χ0v) is 18.7. The van der Waals surface area contributed by atoms with Crippen LogP contribution in [0.25, 0.3) is 11.3 Å². The van der Waals surface area contributed by atoms with Crippen LogP contribution in [0.4, 0.5) is 19.0 Å². The Morgan fingerprint density at radius 3 is 2.58 bits per heavy atom. The van der Waals surface area contributed by atoms with Gasteiger partial charge in [0.15, 0.2) is 11.5 Å². The number of aromatic nitrogens is 2. The molecule has 1 heterocycles. The average Bonchev–Trinajstić information content (AvgIpc) is 2.92. The minimum Gasteiger partial charge on any atom is -0.382 e. The molecule has 0 saturated heterocycles. The van der Waals surface area contributed by atoms with Gasteiger partial charge in [0.1, 0.15) is 5.82 Å². The summed E-state index contributed by atoms with van der Waals surface area (Å²) in [6.45, 7) is 3.12. The Morgan fingerprint density at radius 2 is 1.91 bits per heavy atom. The minimum absolute atomic E-state index is 0.0724. The van der Waals surface area contributed by atoms with E-state index in [1.165, 1.54) is 24.3 Å². The van der Waals surface area contributed by atoms with Crippen LogP contribution < -0.4 is 10.5 Å². The van der Waals surface area contributed by atoms with Crippen molar-refractivity contribution < 1.29 is 26.4 Å². The molecule has 2 aromatic rings. The maximum absolute atomic E-state index is 13.7. The minimum atomic E-state index is -4.08. The zero-order chi connectivity index (χ0) is 24.2. The third-order valence-corrected chi connectivity index (χ3v) is 6.55. The summed E-state index contributed by atoms with van der Waals surface area (Å²) in [7, 11) is -4.08. The molecule has 1 aliphatic carbocycles. The Morgan fingerprint density at radius 1 is 1.21 bits per heavy atom. The molecule has 0 radical (unpaired) electrons. The predicted octanol–water partition coefficient (Wildman–Crippen LogP) is 4.22. The molecule has 1 saturated carbocycles. The van der Waals surface area contributed by atoms with E-state index >= 15 is 0 Å². The molecule has 3 N–H and O–H groups in total. The fourth-order valence-corrected chi connectivity index (χ4v) is 4.29. The lowest BCUT2D eigenvalue weighted by Gasteiger charge is -2.17. The van der Waals surface area contributed by atoms with E-state index < -0.39 is 33.4 Å². The lowest BCUT2D eigenvalue weighted by Crippen LogP contribution is -2.30. The van der Waals surface area contributed by atoms with Gasteiger partial charge in [-0.3, -0.25) is 4.79 Å². The van der Waals surface area contributed by atoms with E-state index in [1.807, 2.05) is 0 Å². The van der Waals surface area contributed by atoms with Crippen LogP contribution in [0.5, 0.6) is 0 Å². The van der Waals surface area contributed by atoms with Crippen molar-refractivity contribution in [2.75, 3.05) is 5.73 Å². The molecule has 1 aromatic carbocycles. The molecule has 11 heteroatoms. The first-order valence-corrected chi connectivity index (χ1v) is 12.0. The lowest BCUT2D eigenvalue weighted by molar-refractivity contribution is -0.0148. The molecule has 1 atom stereocenters. The van der Waals surface area contributed by atoms with Crippen molar-refractivity contribution >= 4 is 21.7 Å². The molecule has 0 spiro atoms. The van der Waals surface area contributed by atoms with E-state index in [-0.39, 0.29) is 30.3 Å². The van der Waals surface area contributed by atoms with Gasteiger partial charge in [0.2, 0.25) is 5.92 Å². The van der Waals surface area contributed by atoms with Crippen molar-refractivity contribution in [3.8, 4) is 11.3 Å². The number of alkyl halides is 2. The number of sulfonamides is 1. The van der Waals surface area contributed by atoms with Crippen molar-refractivity contribution in [1.29, 1.82) is 0 Å². The van der Waals surface area contributed by atoms with Crippen LogP contribution in [0.1, 0.15) is 54.7 Å². The van der Waals surface area contributed by atoms with Crippen LogP contribution in [0, 0.1) is 11.7 Å². The molecule has 1 aliphatic rings. The Balaban J connectivity index is 1.92. The molecular formula is C22H25F3N4O3S. The van der Waals surface area contributed by atoms with E-state index in [4.69, 9.17) is 5.73 Å². The number of carbonyl (C=O) groups is 1. The van der Waals surface area contributed by atoms with Gasteiger partial charge >= 0.3 is 0 Å². The summed E-state index contributed by atoms with van der Waals surface area (Å²) in [5.41, 5.74) is 6.61. The average molecular weight is 483 g/mol. The highest BCUT2D eigenvalue weighted by Gasteiger charge is 2.32. The molecule has 1 amide bonds. The number of nitrogens with zero attached hydrogens (tertiary/aromatic N) is 2. The Bertz CT molecular complexity index is 1140. The third-order valence-electron chi connectivity index (χ3n) is 5.64. The van der Waals surface area contributed by atoms with Crippen LogP contribution in [-0.2, 0) is 16.4 Å². The van der Waals surface area contributed by atoms with E-state index in [0.717, 1.165) is 0 Å². The number of rotatable bonds is 7.